The second kappa shape index (κ2) is 6.30. The lowest BCUT2D eigenvalue weighted by Gasteiger charge is -2.09. The SMILES string of the molecule is O=C(Cc1ccc(F)c(F)c1)Nc1cncnc1-n1cccn1. The van der Waals surface area contributed by atoms with Gasteiger partial charge in [-0.2, -0.15) is 5.10 Å². The van der Waals surface area contributed by atoms with Crippen LogP contribution in [0.15, 0.2) is 49.2 Å². The summed E-state index contributed by atoms with van der Waals surface area (Å²) in [7, 11) is 0. The zero-order valence-electron chi connectivity index (χ0n) is 11.8. The lowest BCUT2D eigenvalue weighted by atomic mass is 10.1. The number of benzene rings is 1. The average Bonchev–Trinajstić information content (AvgIpc) is 3.06. The van der Waals surface area contributed by atoms with Gasteiger partial charge in [0.05, 0.1) is 12.6 Å². The van der Waals surface area contributed by atoms with Crippen LogP contribution in [0, 0.1) is 11.6 Å². The summed E-state index contributed by atoms with van der Waals surface area (Å²) in [5.41, 5.74) is 0.725. The first-order valence-electron chi connectivity index (χ1n) is 6.67. The van der Waals surface area contributed by atoms with Crippen molar-refractivity contribution in [2.24, 2.45) is 0 Å². The van der Waals surface area contributed by atoms with Crippen LogP contribution < -0.4 is 5.32 Å². The Morgan fingerprint density at radius 2 is 2.13 bits per heavy atom. The van der Waals surface area contributed by atoms with Crippen LogP contribution >= 0.6 is 0 Å². The normalized spacial score (nSPS) is 10.5. The largest absolute Gasteiger partial charge is 0.321 e. The lowest BCUT2D eigenvalue weighted by molar-refractivity contribution is -0.115. The molecule has 6 nitrogen and oxygen atoms in total. The number of rotatable bonds is 4. The van der Waals surface area contributed by atoms with Crippen molar-refractivity contribution in [3.05, 3.63) is 66.4 Å². The van der Waals surface area contributed by atoms with Crippen LogP contribution in [0.3, 0.4) is 0 Å². The van der Waals surface area contributed by atoms with E-state index >= 15 is 0 Å². The van der Waals surface area contributed by atoms with E-state index in [4.69, 9.17) is 0 Å². The summed E-state index contributed by atoms with van der Waals surface area (Å²) in [4.78, 5) is 20.0. The van der Waals surface area contributed by atoms with Crippen molar-refractivity contribution in [1.29, 1.82) is 0 Å². The van der Waals surface area contributed by atoms with E-state index in [0.29, 0.717) is 17.1 Å². The first kappa shape index (κ1) is 14.8. The fourth-order valence-corrected chi connectivity index (χ4v) is 2.02. The summed E-state index contributed by atoms with van der Waals surface area (Å²) >= 11 is 0. The molecule has 1 aromatic carbocycles. The molecule has 0 radical (unpaired) electrons. The highest BCUT2D eigenvalue weighted by Crippen LogP contribution is 2.16. The monoisotopic (exact) mass is 315 g/mol. The average molecular weight is 315 g/mol. The maximum Gasteiger partial charge on any atom is 0.228 e. The second-order valence-corrected chi connectivity index (χ2v) is 4.68. The zero-order valence-corrected chi connectivity index (χ0v) is 11.8. The molecule has 0 bridgehead atoms. The standard InChI is InChI=1S/C15H11F2N5O/c16-11-3-2-10(6-12(11)17)7-14(23)21-13-8-18-9-19-15(13)22-5-1-4-20-22/h1-6,8-9H,7H2,(H,21,23). The maximum absolute atomic E-state index is 13.2. The molecular weight excluding hydrogens is 304 g/mol. The predicted molar refractivity (Wildman–Crippen MR) is 77.8 cm³/mol. The van der Waals surface area contributed by atoms with Crippen molar-refractivity contribution in [2.45, 2.75) is 6.42 Å². The summed E-state index contributed by atoms with van der Waals surface area (Å²) in [5, 5.41) is 6.68. The fraction of sp³-hybridized carbons (Fsp3) is 0.0667. The van der Waals surface area contributed by atoms with Gasteiger partial charge < -0.3 is 5.32 Å². The van der Waals surface area contributed by atoms with Crippen LogP contribution in [0.5, 0.6) is 0 Å². The van der Waals surface area contributed by atoms with Gasteiger partial charge in [-0.25, -0.2) is 23.4 Å². The molecule has 0 spiro atoms. The highest BCUT2D eigenvalue weighted by Gasteiger charge is 2.12. The van der Waals surface area contributed by atoms with E-state index in [-0.39, 0.29) is 6.42 Å². The molecule has 2 heterocycles. The molecule has 0 aliphatic carbocycles. The van der Waals surface area contributed by atoms with Gasteiger partial charge in [0.2, 0.25) is 5.91 Å². The second-order valence-electron chi connectivity index (χ2n) is 4.68. The first-order chi connectivity index (χ1) is 11.1. The van der Waals surface area contributed by atoms with Gasteiger partial charge in [-0.05, 0) is 23.8 Å². The molecule has 3 aromatic rings. The van der Waals surface area contributed by atoms with Crippen LogP contribution in [-0.4, -0.2) is 25.7 Å². The first-order valence-corrected chi connectivity index (χ1v) is 6.67. The van der Waals surface area contributed by atoms with Gasteiger partial charge in [-0.15, -0.1) is 0 Å². The topological polar surface area (TPSA) is 72.7 Å². The molecule has 0 saturated carbocycles. The van der Waals surface area contributed by atoms with Crippen molar-refractivity contribution in [1.82, 2.24) is 19.7 Å². The van der Waals surface area contributed by atoms with E-state index in [0.717, 1.165) is 12.1 Å². The van der Waals surface area contributed by atoms with Gasteiger partial charge >= 0.3 is 0 Å². The number of amides is 1. The van der Waals surface area contributed by atoms with Crippen LogP contribution in [0.1, 0.15) is 5.56 Å². The van der Waals surface area contributed by atoms with Gasteiger partial charge in [0.25, 0.3) is 0 Å². The van der Waals surface area contributed by atoms with Crippen LogP contribution in [-0.2, 0) is 11.2 Å². The van der Waals surface area contributed by atoms with Crippen LogP contribution in [0.25, 0.3) is 5.82 Å². The van der Waals surface area contributed by atoms with Crippen molar-refractivity contribution in [3.63, 3.8) is 0 Å². The summed E-state index contributed by atoms with van der Waals surface area (Å²) in [6.07, 6.45) is 5.92. The molecule has 1 N–H and O–H groups in total. The third kappa shape index (κ3) is 3.37. The Labute approximate surface area is 129 Å². The quantitative estimate of drug-likeness (QED) is 0.800. The van der Waals surface area contributed by atoms with E-state index < -0.39 is 17.5 Å². The minimum Gasteiger partial charge on any atom is -0.321 e. The van der Waals surface area contributed by atoms with Gasteiger partial charge in [-0.3, -0.25) is 4.79 Å². The molecule has 116 valence electrons. The van der Waals surface area contributed by atoms with E-state index in [9.17, 15) is 13.6 Å². The van der Waals surface area contributed by atoms with Crippen molar-refractivity contribution in [3.8, 4) is 5.82 Å². The Kier molecular flexibility index (Phi) is 4.05. The number of hydrogen-bond donors (Lipinski definition) is 1. The number of hydrogen-bond acceptors (Lipinski definition) is 4. The molecule has 0 saturated heterocycles. The van der Waals surface area contributed by atoms with E-state index in [1.807, 2.05) is 0 Å². The van der Waals surface area contributed by atoms with Crippen LogP contribution in [0.4, 0.5) is 14.5 Å². The molecule has 0 aliphatic heterocycles. The highest BCUT2D eigenvalue weighted by molar-refractivity contribution is 5.93. The summed E-state index contributed by atoms with van der Waals surface area (Å²) < 4.78 is 27.5. The Morgan fingerprint density at radius 1 is 1.26 bits per heavy atom. The molecule has 0 atom stereocenters. The van der Waals surface area contributed by atoms with Gasteiger partial charge in [0.15, 0.2) is 17.5 Å². The summed E-state index contributed by atoms with van der Waals surface area (Å²) in [5.74, 6) is -1.94. The fourth-order valence-electron chi connectivity index (χ4n) is 2.02. The Morgan fingerprint density at radius 3 is 2.87 bits per heavy atom. The van der Waals surface area contributed by atoms with E-state index in [1.165, 1.54) is 23.3 Å². The molecular formula is C15H11F2N5O. The molecule has 23 heavy (non-hydrogen) atoms. The summed E-state index contributed by atoms with van der Waals surface area (Å²) in [6.45, 7) is 0. The smallest absolute Gasteiger partial charge is 0.228 e. The molecule has 8 heteroatoms. The van der Waals surface area contributed by atoms with Crippen molar-refractivity contribution in [2.75, 3.05) is 5.32 Å². The highest BCUT2D eigenvalue weighted by atomic mass is 19.2. The third-order valence-electron chi connectivity index (χ3n) is 3.04. The minimum atomic E-state index is -0.990. The number of halogens is 2. The molecule has 0 aliphatic rings. The maximum atomic E-state index is 13.2. The molecule has 0 unspecified atom stereocenters. The van der Waals surface area contributed by atoms with Crippen molar-refractivity contribution < 1.29 is 13.6 Å². The van der Waals surface area contributed by atoms with E-state index in [2.05, 4.69) is 20.4 Å². The Hall–Kier alpha value is -3.16. The Bertz CT molecular complexity index is 836. The third-order valence-corrected chi connectivity index (χ3v) is 3.04. The number of carbonyl (C=O) groups excluding carboxylic acids is 1. The van der Waals surface area contributed by atoms with Gasteiger partial charge in [-0.1, -0.05) is 6.07 Å². The predicted octanol–water partition coefficient (Wildman–Crippen LogP) is 2.12. The minimum absolute atomic E-state index is 0.107. The number of anilines is 1. The lowest BCUT2D eigenvalue weighted by Crippen LogP contribution is -2.17. The molecule has 3 rings (SSSR count). The van der Waals surface area contributed by atoms with Crippen molar-refractivity contribution >= 4 is 11.6 Å². The van der Waals surface area contributed by atoms with Gasteiger partial charge in [0.1, 0.15) is 12.0 Å². The number of aromatic nitrogens is 4. The van der Waals surface area contributed by atoms with E-state index in [1.54, 1.807) is 18.5 Å². The molecule has 0 fully saturated rings. The summed E-state index contributed by atoms with van der Waals surface area (Å²) in [6, 6.07) is 5.05. The zero-order chi connectivity index (χ0) is 16.2. The molecule has 2 aromatic heterocycles. The number of carbonyl (C=O) groups is 1. The van der Waals surface area contributed by atoms with Crippen LogP contribution in [0.2, 0.25) is 0 Å². The van der Waals surface area contributed by atoms with Gasteiger partial charge in [0, 0.05) is 12.4 Å². The number of nitrogens with one attached hydrogen (secondary N) is 1. The Balaban J connectivity index is 1.77. The molecule has 1 amide bonds. The number of nitrogens with zero attached hydrogens (tertiary/aromatic N) is 4.